The Morgan fingerprint density at radius 3 is 2.55 bits per heavy atom. The molecule has 4 aromatic rings. The van der Waals surface area contributed by atoms with Gasteiger partial charge >= 0.3 is 0 Å². The fourth-order valence-corrected chi connectivity index (χ4v) is 4.64. The Morgan fingerprint density at radius 1 is 1.11 bits per heavy atom. The molecule has 1 atom stereocenters. The second kappa shape index (κ2) is 10.2. The number of hydrogen-bond acceptors (Lipinski definition) is 10. The van der Waals surface area contributed by atoms with Crippen LogP contribution in [0.4, 0.5) is 17.5 Å². The molecule has 1 aliphatic heterocycles. The van der Waals surface area contributed by atoms with Crippen LogP contribution in [-0.4, -0.2) is 54.2 Å². The van der Waals surface area contributed by atoms with Crippen LogP contribution < -0.4 is 10.6 Å². The van der Waals surface area contributed by atoms with E-state index in [0.29, 0.717) is 52.5 Å². The van der Waals surface area contributed by atoms with Crippen molar-refractivity contribution < 1.29 is 14.4 Å². The van der Waals surface area contributed by atoms with Crippen molar-refractivity contribution in [2.24, 2.45) is 0 Å². The predicted octanol–water partition coefficient (Wildman–Crippen LogP) is 4.22. The molecule has 0 aliphatic carbocycles. The van der Waals surface area contributed by atoms with Gasteiger partial charge < -0.3 is 25.2 Å². The molecule has 0 bridgehead atoms. The zero-order valence-corrected chi connectivity index (χ0v) is 21.8. The first-order valence-corrected chi connectivity index (χ1v) is 12.5. The normalized spacial score (nSPS) is 14.9. The minimum atomic E-state index is -0.550. The van der Waals surface area contributed by atoms with Crippen molar-refractivity contribution in [2.75, 3.05) is 23.8 Å². The minimum absolute atomic E-state index is 0.0572. The summed E-state index contributed by atoms with van der Waals surface area (Å²) in [6, 6.07) is 11.0. The van der Waals surface area contributed by atoms with E-state index >= 15 is 0 Å². The number of fused-ring (bicyclic) bond motifs is 1. The smallest absolute Gasteiger partial charge is 0.261 e. The summed E-state index contributed by atoms with van der Waals surface area (Å²) >= 11 is 0. The third-order valence-electron chi connectivity index (χ3n) is 6.58. The number of carbonyl (C=O) groups excluding carboxylic acids is 1. The van der Waals surface area contributed by atoms with Crippen molar-refractivity contribution in [3.8, 4) is 11.5 Å². The van der Waals surface area contributed by atoms with Gasteiger partial charge in [-0.1, -0.05) is 42.4 Å². The number of aromatic nitrogens is 5. The van der Waals surface area contributed by atoms with E-state index < -0.39 is 5.54 Å². The Kier molecular flexibility index (Phi) is 6.77. The second-order valence-corrected chi connectivity index (χ2v) is 9.65. The van der Waals surface area contributed by atoms with Crippen LogP contribution in [0.25, 0.3) is 11.5 Å². The molecule has 38 heavy (non-hydrogen) atoms. The number of aliphatic hydroxyl groups is 1. The molecule has 1 aliphatic rings. The van der Waals surface area contributed by atoms with Gasteiger partial charge in [-0.15, -0.1) is 0 Å². The molecular weight excluding hydrogens is 484 g/mol. The van der Waals surface area contributed by atoms with Crippen LogP contribution in [0.2, 0.25) is 0 Å². The van der Waals surface area contributed by atoms with Gasteiger partial charge in [0.2, 0.25) is 5.95 Å². The quantitative estimate of drug-likeness (QED) is 0.297. The van der Waals surface area contributed by atoms with Gasteiger partial charge in [-0.05, 0) is 32.8 Å². The van der Waals surface area contributed by atoms with Crippen molar-refractivity contribution in [3.63, 3.8) is 0 Å². The molecule has 4 heterocycles. The molecule has 1 amide bonds. The summed E-state index contributed by atoms with van der Waals surface area (Å²) < 4.78 is 5.40. The summed E-state index contributed by atoms with van der Waals surface area (Å²) in [4.78, 5) is 32.7. The number of aliphatic hydroxyl groups excluding tert-OH is 1. The van der Waals surface area contributed by atoms with Crippen LogP contribution in [0.5, 0.6) is 0 Å². The molecule has 0 unspecified atom stereocenters. The molecule has 11 heteroatoms. The van der Waals surface area contributed by atoms with Gasteiger partial charge in [0.25, 0.3) is 11.8 Å². The van der Waals surface area contributed by atoms with Gasteiger partial charge in [-0.25, -0.2) is 15.0 Å². The molecule has 0 saturated carbocycles. The van der Waals surface area contributed by atoms with E-state index in [1.807, 2.05) is 56.0 Å². The van der Waals surface area contributed by atoms with E-state index in [4.69, 9.17) is 9.51 Å². The largest absolute Gasteiger partial charge is 0.394 e. The van der Waals surface area contributed by atoms with Gasteiger partial charge in [-0.3, -0.25) is 4.79 Å². The minimum Gasteiger partial charge on any atom is -0.394 e. The molecule has 3 N–H and O–H groups in total. The van der Waals surface area contributed by atoms with E-state index in [9.17, 15) is 9.90 Å². The van der Waals surface area contributed by atoms with E-state index in [1.165, 1.54) is 0 Å². The Balaban J connectivity index is 1.48. The number of amides is 1. The summed E-state index contributed by atoms with van der Waals surface area (Å²) in [5.74, 6) is 1.53. The molecule has 0 radical (unpaired) electrons. The maximum absolute atomic E-state index is 12.9. The molecule has 196 valence electrons. The lowest BCUT2D eigenvalue weighted by atomic mass is 10.0. The Labute approximate surface area is 220 Å². The Bertz CT molecular complexity index is 1450. The highest BCUT2D eigenvalue weighted by Crippen LogP contribution is 2.38. The number of nitrogens with zero attached hydrogens (tertiary/aromatic N) is 6. The molecule has 0 spiro atoms. The fraction of sp³-hybridized carbons (Fsp3) is 0.333. The Hall–Kier alpha value is -4.38. The molecule has 3 aromatic heterocycles. The first-order chi connectivity index (χ1) is 18.3. The number of nitrogens with one attached hydrogen (secondary N) is 2. The van der Waals surface area contributed by atoms with Gasteiger partial charge in [0.1, 0.15) is 5.82 Å². The van der Waals surface area contributed by atoms with Crippen molar-refractivity contribution in [2.45, 2.75) is 45.7 Å². The maximum Gasteiger partial charge on any atom is 0.261 e. The third-order valence-corrected chi connectivity index (χ3v) is 6.58. The lowest BCUT2D eigenvalue weighted by molar-refractivity contribution is 0.0615. The molecule has 0 fully saturated rings. The SMILES string of the molecule is CCCN1C(=O)c2cnc(Nc3cc(N[C@H](CO)c4ccccc4)c(-c4nc(C)no4)cn3)nc2C1(C)C. The summed E-state index contributed by atoms with van der Waals surface area (Å²) in [5.41, 5.74) is 2.77. The maximum atomic E-state index is 12.9. The van der Waals surface area contributed by atoms with E-state index in [-0.39, 0.29) is 18.6 Å². The van der Waals surface area contributed by atoms with Crippen molar-refractivity contribution in [1.29, 1.82) is 0 Å². The standard InChI is InChI=1S/C27H30N8O3/c1-5-11-35-25(37)19-14-29-26(33-23(19)27(35,3)4)32-22-12-20(18(13-28-22)24-30-16(2)34-38-24)31-21(15-36)17-9-7-6-8-10-17/h6-10,12-14,21,36H,5,11,15H2,1-4H3,(H2,28,29,31,32,33)/t21-/m1/s1. The van der Waals surface area contributed by atoms with Crippen LogP contribution in [0, 0.1) is 6.92 Å². The van der Waals surface area contributed by atoms with Gasteiger partial charge in [0.05, 0.1) is 40.7 Å². The summed E-state index contributed by atoms with van der Waals surface area (Å²) in [6.07, 6.45) is 4.03. The highest BCUT2D eigenvalue weighted by molar-refractivity contribution is 5.99. The Morgan fingerprint density at radius 2 is 1.87 bits per heavy atom. The summed E-state index contributed by atoms with van der Waals surface area (Å²) in [6.45, 7) is 8.27. The average Bonchev–Trinajstić information content (AvgIpc) is 3.43. The fourth-order valence-electron chi connectivity index (χ4n) is 4.64. The monoisotopic (exact) mass is 514 g/mol. The van der Waals surface area contributed by atoms with Crippen molar-refractivity contribution >= 4 is 23.4 Å². The van der Waals surface area contributed by atoms with Crippen molar-refractivity contribution in [1.82, 2.24) is 30.0 Å². The van der Waals surface area contributed by atoms with Crippen LogP contribution in [0.3, 0.4) is 0 Å². The highest BCUT2D eigenvalue weighted by Gasteiger charge is 2.44. The van der Waals surface area contributed by atoms with Crippen LogP contribution in [0.1, 0.15) is 60.7 Å². The van der Waals surface area contributed by atoms with E-state index in [2.05, 4.69) is 30.7 Å². The number of pyridine rings is 1. The van der Waals surface area contributed by atoms with Crippen molar-refractivity contribution in [3.05, 3.63) is 71.4 Å². The number of rotatable bonds is 9. The molecule has 1 aromatic carbocycles. The predicted molar refractivity (Wildman–Crippen MR) is 142 cm³/mol. The number of aryl methyl sites for hydroxylation is 1. The number of benzene rings is 1. The molecule has 11 nitrogen and oxygen atoms in total. The first-order valence-electron chi connectivity index (χ1n) is 12.5. The molecule has 0 saturated heterocycles. The van der Waals surface area contributed by atoms with Gasteiger partial charge in [-0.2, -0.15) is 4.98 Å². The number of carbonyl (C=O) groups is 1. The summed E-state index contributed by atoms with van der Waals surface area (Å²) in [7, 11) is 0. The lowest BCUT2D eigenvalue weighted by Crippen LogP contribution is -2.39. The van der Waals surface area contributed by atoms with Crippen LogP contribution in [0.15, 0.2) is 53.3 Å². The van der Waals surface area contributed by atoms with Crippen LogP contribution >= 0.6 is 0 Å². The lowest BCUT2D eigenvalue weighted by Gasteiger charge is -2.31. The average molecular weight is 515 g/mol. The number of hydrogen-bond donors (Lipinski definition) is 3. The van der Waals surface area contributed by atoms with Gasteiger partial charge in [0.15, 0.2) is 5.82 Å². The van der Waals surface area contributed by atoms with E-state index in [0.717, 1.165) is 12.0 Å². The zero-order chi connectivity index (χ0) is 26.9. The topological polar surface area (TPSA) is 142 Å². The number of anilines is 3. The van der Waals surface area contributed by atoms with Gasteiger partial charge in [0, 0.05) is 25.0 Å². The second-order valence-electron chi connectivity index (χ2n) is 9.65. The van der Waals surface area contributed by atoms with Crippen LogP contribution in [-0.2, 0) is 5.54 Å². The first kappa shape index (κ1) is 25.3. The third kappa shape index (κ3) is 4.68. The molecule has 5 rings (SSSR count). The molecular formula is C27H30N8O3. The zero-order valence-electron chi connectivity index (χ0n) is 21.8. The summed E-state index contributed by atoms with van der Waals surface area (Å²) in [5, 5.41) is 20.6. The highest BCUT2D eigenvalue weighted by atomic mass is 16.5. The van der Waals surface area contributed by atoms with E-state index in [1.54, 1.807) is 25.4 Å².